The van der Waals surface area contributed by atoms with Gasteiger partial charge in [-0.2, -0.15) is 0 Å². The molecule has 22 heavy (non-hydrogen) atoms. The summed E-state index contributed by atoms with van der Waals surface area (Å²) in [6, 6.07) is 11.6. The van der Waals surface area contributed by atoms with Gasteiger partial charge in [0, 0.05) is 12.2 Å². The van der Waals surface area contributed by atoms with Crippen LogP contribution in [-0.4, -0.2) is 43.4 Å². The predicted octanol–water partition coefficient (Wildman–Crippen LogP) is 2.75. The Hall–Kier alpha value is -1.98. The second kappa shape index (κ2) is 7.87. The Labute approximate surface area is 131 Å². The highest BCUT2D eigenvalue weighted by molar-refractivity contribution is 5.47. The standard InChI is InChI=1S/C17H24N2O3/c1-13(17-5-4-10-21-17)18-14-6-8-16(9-7-14)22-12-15(20)11-19(2)3/h4-10,13,15,18,20H,11-12H2,1-3H3. The molecule has 2 unspecified atom stereocenters. The summed E-state index contributed by atoms with van der Waals surface area (Å²) in [4.78, 5) is 1.93. The Bertz CT molecular complexity index is 538. The van der Waals surface area contributed by atoms with Gasteiger partial charge in [0.2, 0.25) is 0 Å². The smallest absolute Gasteiger partial charge is 0.125 e. The Morgan fingerprint density at radius 3 is 2.55 bits per heavy atom. The van der Waals surface area contributed by atoms with Crippen molar-refractivity contribution in [2.45, 2.75) is 19.1 Å². The van der Waals surface area contributed by atoms with Crippen LogP contribution in [0.4, 0.5) is 5.69 Å². The molecule has 0 aliphatic carbocycles. The molecule has 0 amide bonds. The van der Waals surface area contributed by atoms with Gasteiger partial charge in [-0.25, -0.2) is 0 Å². The molecule has 120 valence electrons. The Morgan fingerprint density at radius 1 is 1.23 bits per heavy atom. The van der Waals surface area contributed by atoms with Crippen LogP contribution in [0.1, 0.15) is 18.7 Å². The van der Waals surface area contributed by atoms with E-state index >= 15 is 0 Å². The molecular weight excluding hydrogens is 280 g/mol. The number of anilines is 1. The van der Waals surface area contributed by atoms with E-state index in [0.29, 0.717) is 6.54 Å². The number of nitrogens with one attached hydrogen (secondary N) is 1. The zero-order valence-electron chi connectivity index (χ0n) is 13.3. The van der Waals surface area contributed by atoms with Crippen LogP contribution in [-0.2, 0) is 0 Å². The number of hydrogen-bond acceptors (Lipinski definition) is 5. The first-order valence-corrected chi connectivity index (χ1v) is 7.40. The monoisotopic (exact) mass is 304 g/mol. The zero-order chi connectivity index (χ0) is 15.9. The quantitative estimate of drug-likeness (QED) is 0.785. The molecule has 5 heteroatoms. The van der Waals surface area contributed by atoms with Crippen molar-refractivity contribution in [2.75, 3.05) is 32.6 Å². The van der Waals surface area contributed by atoms with E-state index in [2.05, 4.69) is 5.32 Å². The average molecular weight is 304 g/mol. The molecule has 2 N–H and O–H groups in total. The molecule has 0 radical (unpaired) electrons. The number of rotatable bonds is 8. The molecule has 0 bridgehead atoms. The van der Waals surface area contributed by atoms with E-state index in [1.807, 2.05) is 62.3 Å². The second-order valence-corrected chi connectivity index (χ2v) is 5.63. The number of benzene rings is 1. The maximum Gasteiger partial charge on any atom is 0.125 e. The summed E-state index contributed by atoms with van der Waals surface area (Å²) in [6.07, 6.45) is 1.18. The van der Waals surface area contributed by atoms with Crippen LogP contribution in [0.3, 0.4) is 0 Å². The van der Waals surface area contributed by atoms with Crippen LogP contribution < -0.4 is 10.1 Å². The van der Waals surface area contributed by atoms with Gasteiger partial charge in [0.15, 0.2) is 0 Å². The third-order valence-electron chi connectivity index (χ3n) is 3.23. The van der Waals surface area contributed by atoms with Gasteiger partial charge in [-0.1, -0.05) is 0 Å². The van der Waals surface area contributed by atoms with Crippen molar-refractivity contribution < 1.29 is 14.3 Å². The SMILES string of the molecule is CC(Nc1ccc(OCC(O)CN(C)C)cc1)c1ccco1. The Kier molecular flexibility index (Phi) is 5.86. The van der Waals surface area contributed by atoms with Crippen LogP contribution in [0, 0.1) is 0 Å². The minimum absolute atomic E-state index is 0.101. The Morgan fingerprint density at radius 2 is 1.95 bits per heavy atom. The third-order valence-corrected chi connectivity index (χ3v) is 3.23. The van der Waals surface area contributed by atoms with Gasteiger partial charge < -0.3 is 24.5 Å². The van der Waals surface area contributed by atoms with E-state index in [9.17, 15) is 5.11 Å². The third kappa shape index (κ3) is 5.09. The number of nitrogens with zero attached hydrogens (tertiary/aromatic N) is 1. The van der Waals surface area contributed by atoms with Gasteiger partial charge in [0.05, 0.1) is 12.3 Å². The molecule has 1 heterocycles. The summed E-state index contributed by atoms with van der Waals surface area (Å²) in [5.74, 6) is 1.64. The van der Waals surface area contributed by atoms with E-state index < -0.39 is 6.10 Å². The lowest BCUT2D eigenvalue weighted by atomic mass is 10.2. The number of aliphatic hydroxyl groups excluding tert-OH is 1. The topological polar surface area (TPSA) is 57.9 Å². The summed E-state index contributed by atoms with van der Waals surface area (Å²) >= 11 is 0. The lowest BCUT2D eigenvalue weighted by Crippen LogP contribution is -2.30. The molecule has 0 aliphatic rings. The van der Waals surface area contributed by atoms with E-state index in [1.54, 1.807) is 6.26 Å². The largest absolute Gasteiger partial charge is 0.491 e. The Balaban J connectivity index is 1.82. The first kappa shape index (κ1) is 16.4. The van der Waals surface area contributed by atoms with E-state index in [1.165, 1.54) is 0 Å². The molecule has 2 rings (SSSR count). The highest BCUT2D eigenvalue weighted by atomic mass is 16.5. The van der Waals surface area contributed by atoms with E-state index in [4.69, 9.17) is 9.15 Å². The second-order valence-electron chi connectivity index (χ2n) is 5.63. The van der Waals surface area contributed by atoms with Crippen LogP contribution in [0.2, 0.25) is 0 Å². The van der Waals surface area contributed by atoms with Crippen molar-refractivity contribution in [3.8, 4) is 5.75 Å². The predicted molar refractivity (Wildman–Crippen MR) is 87.2 cm³/mol. The highest BCUT2D eigenvalue weighted by Crippen LogP contribution is 2.21. The minimum Gasteiger partial charge on any atom is -0.491 e. The van der Waals surface area contributed by atoms with Crippen LogP contribution in [0.25, 0.3) is 0 Å². The highest BCUT2D eigenvalue weighted by Gasteiger charge is 2.09. The van der Waals surface area contributed by atoms with Crippen molar-refractivity contribution in [1.29, 1.82) is 0 Å². The van der Waals surface area contributed by atoms with E-state index in [0.717, 1.165) is 17.2 Å². The van der Waals surface area contributed by atoms with Crippen LogP contribution in [0.15, 0.2) is 47.1 Å². The summed E-state index contributed by atoms with van der Waals surface area (Å²) in [5.41, 5.74) is 0.991. The normalized spacial score (nSPS) is 13.9. The van der Waals surface area contributed by atoms with Crippen molar-refractivity contribution >= 4 is 5.69 Å². The molecule has 2 atom stereocenters. The zero-order valence-corrected chi connectivity index (χ0v) is 13.3. The fraction of sp³-hybridized carbons (Fsp3) is 0.412. The maximum absolute atomic E-state index is 9.77. The fourth-order valence-electron chi connectivity index (χ4n) is 2.17. The van der Waals surface area contributed by atoms with Gasteiger partial charge >= 0.3 is 0 Å². The van der Waals surface area contributed by atoms with Gasteiger partial charge in [-0.3, -0.25) is 0 Å². The number of hydrogen-bond donors (Lipinski definition) is 2. The number of ether oxygens (including phenoxy) is 1. The van der Waals surface area contributed by atoms with Crippen molar-refractivity contribution in [3.63, 3.8) is 0 Å². The molecule has 5 nitrogen and oxygen atoms in total. The molecule has 0 saturated heterocycles. The number of likely N-dealkylation sites (N-methyl/N-ethyl adjacent to an activating group) is 1. The van der Waals surface area contributed by atoms with Gasteiger partial charge in [-0.15, -0.1) is 0 Å². The molecule has 0 spiro atoms. The molecule has 0 aliphatic heterocycles. The molecular formula is C17H24N2O3. The average Bonchev–Trinajstić information content (AvgIpc) is 3.00. The van der Waals surface area contributed by atoms with Crippen molar-refractivity contribution in [3.05, 3.63) is 48.4 Å². The van der Waals surface area contributed by atoms with Gasteiger partial charge in [0.25, 0.3) is 0 Å². The molecule has 1 aromatic heterocycles. The number of furan rings is 1. The molecule has 2 aromatic rings. The molecule has 0 fully saturated rings. The van der Waals surface area contributed by atoms with Crippen LogP contribution in [0.5, 0.6) is 5.75 Å². The minimum atomic E-state index is -0.494. The lowest BCUT2D eigenvalue weighted by Gasteiger charge is -2.17. The fourth-order valence-corrected chi connectivity index (χ4v) is 2.17. The lowest BCUT2D eigenvalue weighted by molar-refractivity contribution is 0.0831. The van der Waals surface area contributed by atoms with Gasteiger partial charge in [-0.05, 0) is 57.4 Å². The van der Waals surface area contributed by atoms with Crippen molar-refractivity contribution in [2.24, 2.45) is 0 Å². The number of aliphatic hydroxyl groups is 1. The van der Waals surface area contributed by atoms with Gasteiger partial charge in [0.1, 0.15) is 24.2 Å². The van der Waals surface area contributed by atoms with Crippen molar-refractivity contribution in [1.82, 2.24) is 4.90 Å². The van der Waals surface area contributed by atoms with E-state index in [-0.39, 0.29) is 12.6 Å². The summed E-state index contributed by atoms with van der Waals surface area (Å²) < 4.78 is 10.9. The molecule has 0 saturated carbocycles. The summed E-state index contributed by atoms with van der Waals surface area (Å²) in [7, 11) is 3.84. The molecule has 1 aromatic carbocycles. The summed E-state index contributed by atoms with van der Waals surface area (Å²) in [5, 5.41) is 13.1. The first-order valence-electron chi connectivity index (χ1n) is 7.40. The maximum atomic E-state index is 9.77. The summed E-state index contributed by atoms with van der Waals surface area (Å²) in [6.45, 7) is 2.91. The van der Waals surface area contributed by atoms with Crippen LogP contribution >= 0.6 is 0 Å². The first-order chi connectivity index (χ1) is 10.5.